The van der Waals surface area contributed by atoms with Gasteiger partial charge in [-0.1, -0.05) is 45.0 Å². The number of hydrogen-bond acceptors (Lipinski definition) is 3. The molecule has 0 aliphatic carbocycles. The van der Waals surface area contributed by atoms with Crippen molar-refractivity contribution in [2.75, 3.05) is 24.6 Å². The van der Waals surface area contributed by atoms with E-state index in [0.717, 1.165) is 18.5 Å². The van der Waals surface area contributed by atoms with Crippen molar-refractivity contribution in [2.45, 2.75) is 57.9 Å². The van der Waals surface area contributed by atoms with Crippen LogP contribution < -0.4 is 0 Å². The lowest BCUT2D eigenvalue weighted by Gasteiger charge is -2.39. The Morgan fingerprint density at radius 2 is 1.75 bits per heavy atom. The number of Topliss-reactive ketones (excluding diaryl/α,β-unsaturated/α-hetero) is 1. The van der Waals surface area contributed by atoms with Crippen molar-refractivity contribution in [1.29, 1.82) is 0 Å². The van der Waals surface area contributed by atoms with E-state index in [4.69, 9.17) is 0 Å². The highest BCUT2D eigenvalue weighted by molar-refractivity contribution is 7.99. The maximum absolute atomic E-state index is 13.0. The number of carbonyl (C=O) groups excluding carboxylic acids is 1. The Bertz CT molecular complexity index is 554. The predicted molar refractivity (Wildman–Crippen MR) is 104 cm³/mol. The van der Waals surface area contributed by atoms with E-state index in [0.29, 0.717) is 11.8 Å². The van der Waals surface area contributed by atoms with Crippen LogP contribution in [0, 0.1) is 5.92 Å². The van der Waals surface area contributed by atoms with Crippen molar-refractivity contribution in [3.8, 4) is 0 Å². The average Bonchev–Trinajstić information content (AvgIpc) is 2.61. The number of thioether (sulfide) groups is 1. The van der Waals surface area contributed by atoms with Gasteiger partial charge in [-0.3, -0.25) is 9.69 Å². The van der Waals surface area contributed by atoms with Crippen molar-refractivity contribution in [3.63, 3.8) is 0 Å². The summed E-state index contributed by atoms with van der Waals surface area (Å²) >= 11 is 2.08. The summed E-state index contributed by atoms with van der Waals surface area (Å²) in [6.07, 6.45) is 4.82. The molecule has 2 aliphatic rings. The topological polar surface area (TPSA) is 20.3 Å². The number of rotatable bonds is 3. The lowest BCUT2D eigenvalue weighted by atomic mass is 9.84. The highest BCUT2D eigenvalue weighted by Crippen LogP contribution is 2.29. The average molecular weight is 346 g/mol. The van der Waals surface area contributed by atoms with E-state index in [1.807, 2.05) is 12.1 Å². The lowest BCUT2D eigenvalue weighted by molar-refractivity contribution is 0.0741. The smallest absolute Gasteiger partial charge is 0.167 e. The van der Waals surface area contributed by atoms with Gasteiger partial charge in [-0.05, 0) is 54.7 Å². The second-order valence-electron chi connectivity index (χ2n) is 8.37. The van der Waals surface area contributed by atoms with Crippen LogP contribution in [0.5, 0.6) is 0 Å². The molecule has 0 spiro atoms. The van der Waals surface area contributed by atoms with Crippen LogP contribution in [0.4, 0.5) is 0 Å². The molecule has 132 valence electrons. The van der Waals surface area contributed by atoms with Crippen molar-refractivity contribution in [2.24, 2.45) is 5.92 Å². The van der Waals surface area contributed by atoms with Crippen molar-refractivity contribution in [3.05, 3.63) is 35.4 Å². The summed E-state index contributed by atoms with van der Waals surface area (Å²) in [5.74, 6) is 3.11. The van der Waals surface area contributed by atoms with Crippen LogP contribution in [0.1, 0.15) is 62.4 Å². The third-order valence-corrected chi connectivity index (χ3v) is 6.62. The molecule has 0 N–H and O–H groups in total. The first-order valence-electron chi connectivity index (χ1n) is 9.42. The van der Waals surface area contributed by atoms with Crippen LogP contribution in [-0.2, 0) is 5.41 Å². The summed E-state index contributed by atoms with van der Waals surface area (Å²) in [4.78, 5) is 15.6. The van der Waals surface area contributed by atoms with Crippen LogP contribution in [0.25, 0.3) is 0 Å². The van der Waals surface area contributed by atoms with E-state index in [2.05, 4.69) is 49.6 Å². The second-order valence-corrected chi connectivity index (χ2v) is 9.59. The molecule has 2 nitrogen and oxygen atoms in total. The van der Waals surface area contributed by atoms with Gasteiger partial charge in [0.2, 0.25) is 0 Å². The molecular weight excluding hydrogens is 314 g/mol. The summed E-state index contributed by atoms with van der Waals surface area (Å²) in [6, 6.07) is 9.06. The normalized spacial score (nSPS) is 24.0. The summed E-state index contributed by atoms with van der Waals surface area (Å²) < 4.78 is 0. The SMILES string of the molecule is CC(C)(C)c1ccc(C(=O)C2CCCN(C3CCSCC3)C2)cc1. The molecule has 24 heavy (non-hydrogen) atoms. The van der Waals surface area contributed by atoms with Gasteiger partial charge < -0.3 is 0 Å². The van der Waals surface area contributed by atoms with Crippen molar-refractivity contribution < 1.29 is 4.79 Å². The van der Waals surface area contributed by atoms with Gasteiger partial charge in [-0.25, -0.2) is 0 Å². The molecule has 0 bridgehead atoms. The first kappa shape index (κ1) is 18.0. The molecule has 1 unspecified atom stereocenters. The number of nitrogens with zero attached hydrogens (tertiary/aromatic N) is 1. The Labute approximate surface area is 151 Å². The van der Waals surface area contributed by atoms with Gasteiger partial charge in [0.25, 0.3) is 0 Å². The van der Waals surface area contributed by atoms with Crippen LogP contribution in [0.3, 0.4) is 0 Å². The molecule has 3 heteroatoms. The Morgan fingerprint density at radius 3 is 2.38 bits per heavy atom. The molecule has 1 aromatic carbocycles. The van der Waals surface area contributed by atoms with E-state index in [-0.39, 0.29) is 11.3 Å². The van der Waals surface area contributed by atoms with Gasteiger partial charge in [-0.15, -0.1) is 0 Å². The van der Waals surface area contributed by atoms with Crippen LogP contribution in [-0.4, -0.2) is 41.3 Å². The van der Waals surface area contributed by atoms with E-state index in [1.165, 1.54) is 42.9 Å². The molecular formula is C21H31NOS. The lowest BCUT2D eigenvalue weighted by Crippen LogP contribution is -2.46. The summed E-state index contributed by atoms with van der Waals surface area (Å²) in [5.41, 5.74) is 2.33. The molecule has 3 rings (SSSR count). The first-order valence-corrected chi connectivity index (χ1v) is 10.6. The fourth-order valence-electron chi connectivity index (χ4n) is 3.97. The standard InChI is InChI=1S/C21H31NOS/c1-21(2,3)18-8-6-16(7-9-18)20(23)17-5-4-12-22(15-17)19-10-13-24-14-11-19/h6-9,17,19H,4-5,10-15H2,1-3H3. The van der Waals surface area contributed by atoms with E-state index in [9.17, 15) is 4.79 Å². The van der Waals surface area contributed by atoms with Crippen LogP contribution >= 0.6 is 11.8 Å². The zero-order valence-corrected chi connectivity index (χ0v) is 16.2. The monoisotopic (exact) mass is 345 g/mol. The molecule has 0 aromatic heterocycles. The largest absolute Gasteiger partial charge is 0.300 e. The molecule has 0 saturated carbocycles. The molecule has 1 aromatic rings. The Kier molecular flexibility index (Phi) is 5.71. The van der Waals surface area contributed by atoms with Gasteiger partial charge in [-0.2, -0.15) is 11.8 Å². The van der Waals surface area contributed by atoms with Crippen LogP contribution in [0.15, 0.2) is 24.3 Å². The minimum atomic E-state index is 0.141. The molecule has 2 aliphatic heterocycles. The van der Waals surface area contributed by atoms with Gasteiger partial charge in [0.05, 0.1) is 0 Å². The number of carbonyl (C=O) groups is 1. The number of ketones is 1. The van der Waals surface area contributed by atoms with Crippen molar-refractivity contribution in [1.82, 2.24) is 4.90 Å². The minimum absolute atomic E-state index is 0.141. The molecule has 2 saturated heterocycles. The van der Waals surface area contributed by atoms with E-state index >= 15 is 0 Å². The van der Waals surface area contributed by atoms with Gasteiger partial charge in [0.15, 0.2) is 5.78 Å². The molecule has 2 heterocycles. The molecule has 0 radical (unpaired) electrons. The van der Waals surface area contributed by atoms with E-state index in [1.54, 1.807) is 0 Å². The maximum atomic E-state index is 13.0. The quantitative estimate of drug-likeness (QED) is 0.736. The number of likely N-dealkylation sites (tertiary alicyclic amines) is 1. The highest BCUT2D eigenvalue weighted by Gasteiger charge is 2.31. The first-order chi connectivity index (χ1) is 11.4. The summed E-state index contributed by atoms with van der Waals surface area (Å²) in [7, 11) is 0. The van der Waals surface area contributed by atoms with Crippen LogP contribution in [0.2, 0.25) is 0 Å². The van der Waals surface area contributed by atoms with Crippen molar-refractivity contribution >= 4 is 17.5 Å². The zero-order valence-electron chi connectivity index (χ0n) is 15.4. The Morgan fingerprint density at radius 1 is 1.08 bits per heavy atom. The van der Waals surface area contributed by atoms with Gasteiger partial charge >= 0.3 is 0 Å². The molecule has 2 fully saturated rings. The number of benzene rings is 1. The van der Waals surface area contributed by atoms with Gasteiger partial charge in [0, 0.05) is 24.1 Å². The third kappa shape index (κ3) is 4.23. The zero-order chi connectivity index (χ0) is 17.2. The third-order valence-electron chi connectivity index (χ3n) is 5.57. The number of piperidine rings is 1. The second kappa shape index (κ2) is 7.61. The summed E-state index contributed by atoms with van der Waals surface area (Å²) in [5, 5.41) is 0. The fourth-order valence-corrected chi connectivity index (χ4v) is 5.05. The predicted octanol–water partition coefficient (Wildman–Crippen LogP) is 4.77. The fraction of sp³-hybridized carbons (Fsp3) is 0.667. The Balaban J connectivity index is 1.65. The Hall–Kier alpha value is -0.800. The molecule has 0 amide bonds. The number of hydrogen-bond donors (Lipinski definition) is 0. The minimum Gasteiger partial charge on any atom is -0.300 e. The summed E-state index contributed by atoms with van der Waals surface area (Å²) in [6.45, 7) is 8.79. The maximum Gasteiger partial charge on any atom is 0.167 e. The van der Waals surface area contributed by atoms with Gasteiger partial charge in [0.1, 0.15) is 0 Å². The highest BCUT2D eigenvalue weighted by atomic mass is 32.2. The molecule has 1 atom stereocenters. The van der Waals surface area contributed by atoms with E-state index < -0.39 is 0 Å².